The number of aryl methyl sites for hydroxylation is 1. The number of hydrogen-bond donors (Lipinski definition) is 1. The van der Waals surface area contributed by atoms with Crippen LogP contribution in [0.3, 0.4) is 0 Å². The molecule has 0 saturated carbocycles. The number of benzene rings is 1. The molecule has 1 saturated heterocycles. The van der Waals surface area contributed by atoms with Gasteiger partial charge in [-0.1, -0.05) is 23.7 Å². The summed E-state index contributed by atoms with van der Waals surface area (Å²) in [6, 6.07) is 8.23. The van der Waals surface area contributed by atoms with Crippen LogP contribution in [0.1, 0.15) is 22.5 Å². The molecule has 1 N–H and O–H groups in total. The fourth-order valence-electron chi connectivity index (χ4n) is 2.58. The lowest BCUT2D eigenvalue weighted by Gasteiger charge is -2.18. The van der Waals surface area contributed by atoms with Gasteiger partial charge in [0.15, 0.2) is 0 Å². The molecule has 1 aromatic carbocycles. The molecule has 2 amide bonds. The van der Waals surface area contributed by atoms with Crippen LogP contribution in [0.5, 0.6) is 0 Å². The molecule has 3 rings (SSSR count). The van der Waals surface area contributed by atoms with E-state index in [0.29, 0.717) is 35.0 Å². The van der Waals surface area contributed by atoms with Crippen LogP contribution in [-0.2, 0) is 4.79 Å². The van der Waals surface area contributed by atoms with E-state index in [1.807, 2.05) is 12.1 Å². The smallest absolute Gasteiger partial charge is 0.255 e. The van der Waals surface area contributed by atoms with Crippen molar-refractivity contribution in [3.05, 3.63) is 52.9 Å². The summed E-state index contributed by atoms with van der Waals surface area (Å²) < 4.78 is 5.11. The van der Waals surface area contributed by atoms with E-state index < -0.39 is 6.04 Å². The highest BCUT2D eigenvalue weighted by Crippen LogP contribution is 2.29. The zero-order valence-corrected chi connectivity index (χ0v) is 12.8. The molecule has 1 aliphatic heterocycles. The molecule has 0 bridgehead atoms. The molecule has 2 heterocycles. The molecule has 1 aliphatic rings. The van der Waals surface area contributed by atoms with E-state index in [4.69, 9.17) is 16.0 Å². The summed E-state index contributed by atoms with van der Waals surface area (Å²) in [4.78, 5) is 26.3. The third kappa shape index (κ3) is 2.60. The van der Waals surface area contributed by atoms with Crippen LogP contribution in [0.4, 0.5) is 5.69 Å². The maximum Gasteiger partial charge on any atom is 0.255 e. The average molecular weight is 319 g/mol. The highest BCUT2D eigenvalue weighted by atomic mass is 35.5. The number of anilines is 1. The van der Waals surface area contributed by atoms with Gasteiger partial charge in [-0.25, -0.2) is 0 Å². The summed E-state index contributed by atoms with van der Waals surface area (Å²) in [5.74, 6) is 0.0825. The molecule has 1 atom stereocenters. The lowest BCUT2D eigenvalue weighted by Crippen LogP contribution is -2.41. The molecule has 5 nitrogen and oxygen atoms in total. The fraction of sp³-hybridized carbons (Fsp3) is 0.250. The normalized spacial score (nSPS) is 17.8. The van der Waals surface area contributed by atoms with Gasteiger partial charge in [0.1, 0.15) is 11.8 Å². The van der Waals surface area contributed by atoms with Crippen LogP contribution in [-0.4, -0.2) is 24.4 Å². The Kier molecular flexibility index (Phi) is 3.90. The van der Waals surface area contributed by atoms with Crippen LogP contribution >= 0.6 is 11.6 Å². The molecule has 114 valence electrons. The highest BCUT2D eigenvalue weighted by molar-refractivity contribution is 6.34. The molecular weight excluding hydrogens is 304 g/mol. The molecule has 0 spiro atoms. The average Bonchev–Trinajstić information content (AvgIpc) is 3.07. The van der Waals surface area contributed by atoms with Gasteiger partial charge in [-0.15, -0.1) is 0 Å². The van der Waals surface area contributed by atoms with E-state index in [0.717, 1.165) is 0 Å². The van der Waals surface area contributed by atoms with Crippen molar-refractivity contribution < 1.29 is 14.0 Å². The third-order valence-corrected chi connectivity index (χ3v) is 4.08. The van der Waals surface area contributed by atoms with Crippen molar-refractivity contribution in [3.63, 3.8) is 0 Å². The zero-order chi connectivity index (χ0) is 15.7. The number of carbonyl (C=O) groups excluding carboxylic acids is 2. The van der Waals surface area contributed by atoms with E-state index in [1.54, 1.807) is 30.0 Å². The minimum atomic E-state index is -0.543. The van der Waals surface area contributed by atoms with Crippen molar-refractivity contribution in [2.24, 2.45) is 0 Å². The van der Waals surface area contributed by atoms with E-state index >= 15 is 0 Å². The van der Waals surface area contributed by atoms with Crippen molar-refractivity contribution in [1.82, 2.24) is 5.32 Å². The van der Waals surface area contributed by atoms with Crippen molar-refractivity contribution in [1.29, 1.82) is 0 Å². The Morgan fingerprint density at radius 2 is 2.14 bits per heavy atom. The minimum Gasteiger partial charge on any atom is -0.469 e. The Balaban J connectivity index is 1.73. The first kappa shape index (κ1) is 14.7. The molecule has 0 unspecified atom stereocenters. The molecule has 22 heavy (non-hydrogen) atoms. The Bertz CT molecular complexity index is 726. The standard InChI is InChI=1S/C16H15ClN2O3/c1-10-11(7-9-22-10)15(20)18-13-6-8-19(16(13)21)14-5-3-2-4-12(14)17/h2-5,7,9,13H,6,8H2,1H3,(H,18,20)/t13-/m1/s1. The van der Waals surface area contributed by atoms with Gasteiger partial charge in [0, 0.05) is 6.54 Å². The van der Waals surface area contributed by atoms with Gasteiger partial charge in [0.25, 0.3) is 5.91 Å². The SMILES string of the molecule is Cc1occc1C(=O)N[C@@H]1CCN(c2ccccc2Cl)C1=O. The highest BCUT2D eigenvalue weighted by Gasteiger charge is 2.34. The van der Waals surface area contributed by atoms with Gasteiger partial charge in [0.05, 0.1) is 22.5 Å². The van der Waals surface area contributed by atoms with Crippen molar-refractivity contribution in [2.75, 3.05) is 11.4 Å². The Hall–Kier alpha value is -2.27. The Morgan fingerprint density at radius 3 is 2.82 bits per heavy atom. The molecule has 2 aromatic rings. The summed E-state index contributed by atoms with van der Waals surface area (Å²) in [5.41, 5.74) is 1.12. The number of para-hydroxylation sites is 1. The quantitative estimate of drug-likeness (QED) is 0.946. The minimum absolute atomic E-state index is 0.150. The van der Waals surface area contributed by atoms with E-state index in [1.165, 1.54) is 6.26 Å². The van der Waals surface area contributed by atoms with Gasteiger partial charge in [-0.2, -0.15) is 0 Å². The van der Waals surface area contributed by atoms with Crippen molar-refractivity contribution in [2.45, 2.75) is 19.4 Å². The monoisotopic (exact) mass is 318 g/mol. The number of furan rings is 1. The predicted octanol–water partition coefficient (Wildman–Crippen LogP) is 2.78. The van der Waals surface area contributed by atoms with Crippen molar-refractivity contribution in [3.8, 4) is 0 Å². The van der Waals surface area contributed by atoms with Gasteiger partial charge >= 0.3 is 0 Å². The summed E-state index contributed by atoms with van der Waals surface area (Å²) in [6.45, 7) is 2.24. The lowest BCUT2D eigenvalue weighted by atomic mass is 10.2. The topological polar surface area (TPSA) is 62.6 Å². The van der Waals surface area contributed by atoms with Gasteiger partial charge in [-0.05, 0) is 31.5 Å². The van der Waals surface area contributed by atoms with Crippen LogP contribution in [0.15, 0.2) is 41.0 Å². The predicted molar refractivity (Wildman–Crippen MR) is 83.1 cm³/mol. The Morgan fingerprint density at radius 1 is 1.36 bits per heavy atom. The van der Waals surface area contributed by atoms with Crippen molar-refractivity contribution >= 4 is 29.1 Å². The molecule has 6 heteroatoms. The number of hydrogen-bond acceptors (Lipinski definition) is 3. The van der Waals surface area contributed by atoms with E-state index in [-0.39, 0.29) is 11.8 Å². The van der Waals surface area contributed by atoms with Gasteiger partial charge in [-0.3, -0.25) is 9.59 Å². The molecule has 0 aliphatic carbocycles. The molecule has 0 radical (unpaired) electrons. The summed E-state index contributed by atoms with van der Waals surface area (Å²) in [6.07, 6.45) is 2.00. The van der Waals surface area contributed by atoms with Gasteiger partial charge < -0.3 is 14.6 Å². The second-order valence-electron chi connectivity index (χ2n) is 5.15. The number of nitrogens with one attached hydrogen (secondary N) is 1. The number of halogens is 1. The summed E-state index contributed by atoms with van der Waals surface area (Å²) in [5, 5.41) is 3.28. The first-order chi connectivity index (χ1) is 10.6. The first-order valence-electron chi connectivity index (χ1n) is 6.99. The molecule has 1 fully saturated rings. The fourth-order valence-corrected chi connectivity index (χ4v) is 2.82. The number of rotatable bonds is 3. The maximum absolute atomic E-state index is 12.5. The van der Waals surface area contributed by atoms with Crippen LogP contribution in [0, 0.1) is 6.92 Å². The summed E-state index contributed by atoms with van der Waals surface area (Å²) in [7, 11) is 0. The number of amides is 2. The van der Waals surface area contributed by atoms with Gasteiger partial charge in [0.2, 0.25) is 5.91 Å². The van der Waals surface area contributed by atoms with E-state index in [9.17, 15) is 9.59 Å². The third-order valence-electron chi connectivity index (χ3n) is 3.76. The summed E-state index contributed by atoms with van der Waals surface area (Å²) >= 11 is 6.13. The zero-order valence-electron chi connectivity index (χ0n) is 12.0. The second-order valence-corrected chi connectivity index (χ2v) is 5.55. The number of nitrogens with zero attached hydrogens (tertiary/aromatic N) is 1. The maximum atomic E-state index is 12.5. The number of carbonyl (C=O) groups is 2. The molecule has 1 aromatic heterocycles. The Labute approximate surface area is 132 Å². The van der Waals surface area contributed by atoms with Crippen LogP contribution in [0.2, 0.25) is 5.02 Å². The first-order valence-corrected chi connectivity index (χ1v) is 7.36. The largest absolute Gasteiger partial charge is 0.469 e. The van der Waals surface area contributed by atoms with Crippen LogP contribution in [0.25, 0.3) is 0 Å². The lowest BCUT2D eigenvalue weighted by molar-refractivity contribution is -0.118. The van der Waals surface area contributed by atoms with Crippen LogP contribution < -0.4 is 10.2 Å². The van der Waals surface area contributed by atoms with E-state index in [2.05, 4.69) is 5.32 Å². The second kappa shape index (κ2) is 5.85. The molecular formula is C16H15ClN2O3.